The van der Waals surface area contributed by atoms with Crippen molar-refractivity contribution in [2.45, 2.75) is 13.8 Å². The van der Waals surface area contributed by atoms with Crippen molar-refractivity contribution >= 4 is 12.0 Å². The third kappa shape index (κ3) is 2.75. The highest BCUT2D eigenvalue weighted by molar-refractivity contribution is 5.85. The molecule has 0 radical (unpaired) electrons. The van der Waals surface area contributed by atoms with Crippen molar-refractivity contribution in [1.82, 2.24) is 0 Å². The van der Waals surface area contributed by atoms with Gasteiger partial charge in [-0.1, -0.05) is 30.4 Å². The average molecular weight is 174 g/mol. The zero-order valence-corrected chi connectivity index (χ0v) is 7.79. The standard InChI is InChI=1S/C11H13NO/c1-8-3-4-10(7-9(8)2)5-6-11(12)13/h3-7H,1-2H3,(H2,12,13)/p-1/b6-5+. The van der Waals surface area contributed by atoms with Crippen LogP contribution >= 0.6 is 0 Å². The monoisotopic (exact) mass is 174 g/mol. The highest BCUT2D eigenvalue weighted by Gasteiger charge is 1.91. The third-order valence-electron chi connectivity index (χ3n) is 1.96. The molecule has 0 bridgehead atoms. The fourth-order valence-corrected chi connectivity index (χ4v) is 1.04. The number of aryl methyl sites for hydroxylation is 2. The lowest BCUT2D eigenvalue weighted by molar-refractivity contribution is -0.213. The van der Waals surface area contributed by atoms with Gasteiger partial charge in [-0.2, -0.15) is 0 Å². The molecule has 0 aliphatic carbocycles. The Hall–Kier alpha value is -1.57. The van der Waals surface area contributed by atoms with Gasteiger partial charge in [0.1, 0.15) is 0 Å². The quantitative estimate of drug-likeness (QED) is 0.538. The SMILES string of the molecule is Cc1ccc(/C=C/C(=N)[O-])cc1C. The van der Waals surface area contributed by atoms with Crippen LogP contribution in [0.5, 0.6) is 0 Å². The van der Waals surface area contributed by atoms with Crippen LogP contribution in [0.2, 0.25) is 0 Å². The predicted molar refractivity (Wildman–Crippen MR) is 52.7 cm³/mol. The molecule has 13 heavy (non-hydrogen) atoms. The van der Waals surface area contributed by atoms with Crippen LogP contribution in [0.3, 0.4) is 0 Å². The molecular weight excluding hydrogens is 162 g/mol. The van der Waals surface area contributed by atoms with Gasteiger partial charge in [0.15, 0.2) is 0 Å². The molecule has 0 aliphatic heterocycles. The molecule has 0 atom stereocenters. The lowest BCUT2D eigenvalue weighted by Gasteiger charge is -2.02. The number of benzene rings is 1. The average Bonchev–Trinajstić information content (AvgIpc) is 2.07. The van der Waals surface area contributed by atoms with E-state index in [0.29, 0.717) is 0 Å². The minimum atomic E-state index is -0.668. The second-order valence-corrected chi connectivity index (χ2v) is 3.04. The Kier molecular flexibility index (Phi) is 2.85. The molecule has 0 unspecified atom stereocenters. The van der Waals surface area contributed by atoms with E-state index in [1.165, 1.54) is 17.2 Å². The molecule has 0 aromatic heterocycles. The molecule has 0 saturated carbocycles. The molecule has 0 heterocycles. The van der Waals surface area contributed by atoms with Crippen LogP contribution < -0.4 is 5.11 Å². The van der Waals surface area contributed by atoms with Crippen LogP contribution in [0.4, 0.5) is 0 Å². The van der Waals surface area contributed by atoms with E-state index in [1.807, 2.05) is 32.0 Å². The summed E-state index contributed by atoms with van der Waals surface area (Å²) in [6.45, 7) is 4.06. The molecule has 0 aliphatic rings. The first kappa shape index (κ1) is 9.52. The van der Waals surface area contributed by atoms with Gasteiger partial charge in [0.05, 0.1) is 0 Å². The molecule has 0 spiro atoms. The lowest BCUT2D eigenvalue weighted by atomic mass is 10.1. The molecule has 0 fully saturated rings. The molecule has 1 N–H and O–H groups in total. The maximum absolute atomic E-state index is 10.3. The molecule has 2 nitrogen and oxygen atoms in total. The Bertz CT molecular complexity index is 353. The largest absolute Gasteiger partial charge is 0.859 e. The van der Waals surface area contributed by atoms with E-state index >= 15 is 0 Å². The van der Waals surface area contributed by atoms with Crippen LogP contribution in [-0.4, -0.2) is 5.90 Å². The second kappa shape index (κ2) is 3.90. The van der Waals surface area contributed by atoms with Crippen molar-refractivity contribution < 1.29 is 5.11 Å². The summed E-state index contributed by atoms with van der Waals surface area (Å²) in [5, 5.41) is 17.0. The van der Waals surface area contributed by atoms with Crippen molar-refractivity contribution in [3.8, 4) is 0 Å². The van der Waals surface area contributed by atoms with Crippen LogP contribution in [0.15, 0.2) is 24.3 Å². The lowest BCUT2D eigenvalue weighted by Crippen LogP contribution is -2.11. The van der Waals surface area contributed by atoms with E-state index in [2.05, 4.69) is 0 Å². The summed E-state index contributed by atoms with van der Waals surface area (Å²) in [6, 6.07) is 5.93. The van der Waals surface area contributed by atoms with Gasteiger partial charge >= 0.3 is 0 Å². The summed E-state index contributed by atoms with van der Waals surface area (Å²) >= 11 is 0. The molecule has 0 amide bonds. The summed E-state index contributed by atoms with van der Waals surface area (Å²) in [5.41, 5.74) is 3.39. The summed E-state index contributed by atoms with van der Waals surface area (Å²) in [5.74, 6) is -0.668. The Balaban J connectivity index is 2.92. The van der Waals surface area contributed by atoms with Gasteiger partial charge in [-0.25, -0.2) is 0 Å². The normalized spacial score (nSPS) is 10.6. The van der Waals surface area contributed by atoms with Gasteiger partial charge in [-0.05, 0) is 36.4 Å². The van der Waals surface area contributed by atoms with Gasteiger partial charge in [-0.15, -0.1) is 0 Å². The zero-order chi connectivity index (χ0) is 9.84. The van der Waals surface area contributed by atoms with Crippen LogP contribution in [-0.2, 0) is 0 Å². The fourth-order valence-electron chi connectivity index (χ4n) is 1.04. The third-order valence-corrected chi connectivity index (χ3v) is 1.96. The summed E-state index contributed by atoms with van der Waals surface area (Å²) in [6.07, 6.45) is 2.91. The minimum Gasteiger partial charge on any atom is -0.859 e. The molecule has 2 heteroatoms. The Labute approximate surface area is 78.0 Å². The van der Waals surface area contributed by atoms with Crippen molar-refractivity contribution in [2.75, 3.05) is 0 Å². The first-order chi connectivity index (χ1) is 6.09. The number of nitrogens with one attached hydrogen (secondary N) is 1. The van der Waals surface area contributed by atoms with Gasteiger partial charge in [-0.3, -0.25) is 0 Å². The zero-order valence-electron chi connectivity index (χ0n) is 7.79. The van der Waals surface area contributed by atoms with Crippen molar-refractivity contribution in [3.63, 3.8) is 0 Å². The van der Waals surface area contributed by atoms with Crippen molar-refractivity contribution in [2.24, 2.45) is 0 Å². The number of hydrogen-bond donors (Lipinski definition) is 1. The van der Waals surface area contributed by atoms with Gasteiger partial charge in [0, 0.05) is 0 Å². The molecule has 68 valence electrons. The van der Waals surface area contributed by atoms with Crippen LogP contribution in [0, 0.1) is 19.3 Å². The molecular formula is C11H12NO-. The van der Waals surface area contributed by atoms with Gasteiger partial charge < -0.3 is 10.5 Å². The molecule has 1 aromatic carbocycles. The Morgan fingerprint density at radius 1 is 1.31 bits per heavy atom. The minimum absolute atomic E-state index is 0.668. The van der Waals surface area contributed by atoms with E-state index in [1.54, 1.807) is 6.08 Å². The molecule has 1 aromatic rings. The van der Waals surface area contributed by atoms with Crippen molar-refractivity contribution in [3.05, 3.63) is 41.0 Å². The number of rotatable bonds is 2. The second-order valence-electron chi connectivity index (χ2n) is 3.04. The smallest absolute Gasteiger partial charge is 0.0223 e. The fraction of sp³-hybridized carbons (Fsp3) is 0.182. The van der Waals surface area contributed by atoms with Crippen molar-refractivity contribution in [1.29, 1.82) is 5.41 Å². The van der Waals surface area contributed by atoms with Crippen LogP contribution in [0.1, 0.15) is 16.7 Å². The van der Waals surface area contributed by atoms with Gasteiger partial charge in [0.25, 0.3) is 0 Å². The summed E-state index contributed by atoms with van der Waals surface area (Å²) in [7, 11) is 0. The van der Waals surface area contributed by atoms with Crippen LogP contribution in [0.25, 0.3) is 6.08 Å². The highest BCUT2D eigenvalue weighted by Crippen LogP contribution is 2.10. The van der Waals surface area contributed by atoms with Gasteiger partial charge in [0.2, 0.25) is 0 Å². The predicted octanol–water partition coefficient (Wildman–Crippen LogP) is 1.65. The van der Waals surface area contributed by atoms with E-state index in [4.69, 9.17) is 5.41 Å². The van der Waals surface area contributed by atoms with E-state index in [0.717, 1.165) is 5.56 Å². The summed E-state index contributed by atoms with van der Waals surface area (Å²) in [4.78, 5) is 0. The highest BCUT2D eigenvalue weighted by atomic mass is 16.3. The maximum Gasteiger partial charge on any atom is -0.0223 e. The van der Waals surface area contributed by atoms with E-state index in [-0.39, 0.29) is 0 Å². The first-order valence-corrected chi connectivity index (χ1v) is 4.10. The molecule has 1 rings (SSSR count). The summed E-state index contributed by atoms with van der Waals surface area (Å²) < 4.78 is 0. The Morgan fingerprint density at radius 3 is 2.54 bits per heavy atom. The topological polar surface area (TPSA) is 46.9 Å². The maximum atomic E-state index is 10.3. The first-order valence-electron chi connectivity index (χ1n) is 4.10. The van der Waals surface area contributed by atoms with E-state index in [9.17, 15) is 5.11 Å². The Morgan fingerprint density at radius 2 is 2.00 bits per heavy atom. The molecule has 0 saturated heterocycles. The van der Waals surface area contributed by atoms with E-state index < -0.39 is 5.90 Å². The number of hydrogen-bond acceptors (Lipinski definition) is 2.